The number of halogens is 1. The number of nitrogens with one attached hydrogen (secondary N) is 2. The number of aromatic nitrogens is 2. The SMILES string of the molecule is CCCCc1cc(N2CCC[C@@H](NC(C)=O)C2)nc(Nc2cc(N)cc(C#N)c2)n1.Cl. The predicted molar refractivity (Wildman–Crippen MR) is 126 cm³/mol. The highest BCUT2D eigenvalue weighted by molar-refractivity contribution is 5.85. The van der Waals surface area contributed by atoms with Crippen molar-refractivity contribution in [3.05, 3.63) is 35.5 Å². The van der Waals surface area contributed by atoms with Gasteiger partial charge in [-0.15, -0.1) is 12.4 Å². The lowest BCUT2D eigenvalue weighted by atomic mass is 10.1. The van der Waals surface area contributed by atoms with Crippen molar-refractivity contribution in [1.29, 1.82) is 5.26 Å². The van der Waals surface area contributed by atoms with Crippen LogP contribution in [0, 0.1) is 11.3 Å². The van der Waals surface area contributed by atoms with E-state index in [4.69, 9.17) is 10.7 Å². The first-order valence-corrected chi connectivity index (χ1v) is 10.4. The van der Waals surface area contributed by atoms with Crippen LogP contribution in [0.15, 0.2) is 24.3 Å². The number of carbonyl (C=O) groups is 1. The number of benzene rings is 1. The molecular formula is C22H30ClN7O. The van der Waals surface area contributed by atoms with E-state index in [1.807, 2.05) is 6.07 Å². The van der Waals surface area contributed by atoms with Gasteiger partial charge in [-0.2, -0.15) is 10.2 Å². The van der Waals surface area contributed by atoms with Gasteiger partial charge in [0.2, 0.25) is 11.9 Å². The van der Waals surface area contributed by atoms with Crippen LogP contribution in [0.3, 0.4) is 0 Å². The molecule has 1 aliphatic heterocycles. The van der Waals surface area contributed by atoms with Crippen molar-refractivity contribution in [1.82, 2.24) is 15.3 Å². The number of nitrogen functional groups attached to an aromatic ring is 1. The van der Waals surface area contributed by atoms with Gasteiger partial charge < -0.3 is 21.3 Å². The van der Waals surface area contributed by atoms with E-state index in [9.17, 15) is 10.1 Å². The van der Waals surface area contributed by atoms with Gasteiger partial charge in [0.25, 0.3) is 0 Å². The van der Waals surface area contributed by atoms with Crippen LogP contribution in [0.1, 0.15) is 50.8 Å². The van der Waals surface area contributed by atoms with Gasteiger partial charge in [-0.05, 0) is 43.9 Å². The number of piperidine rings is 1. The molecule has 3 rings (SSSR count). The van der Waals surface area contributed by atoms with Gasteiger partial charge in [-0.1, -0.05) is 13.3 Å². The largest absolute Gasteiger partial charge is 0.399 e. The number of aryl methyl sites for hydroxylation is 1. The monoisotopic (exact) mass is 443 g/mol. The lowest BCUT2D eigenvalue weighted by Gasteiger charge is -2.34. The van der Waals surface area contributed by atoms with Crippen molar-refractivity contribution >= 4 is 41.5 Å². The third-order valence-electron chi connectivity index (χ3n) is 5.05. The van der Waals surface area contributed by atoms with Crippen molar-refractivity contribution in [3.63, 3.8) is 0 Å². The number of amides is 1. The van der Waals surface area contributed by atoms with E-state index < -0.39 is 0 Å². The molecule has 9 heteroatoms. The highest BCUT2D eigenvalue weighted by Gasteiger charge is 2.22. The van der Waals surface area contributed by atoms with Crippen molar-refractivity contribution in [2.24, 2.45) is 0 Å². The van der Waals surface area contributed by atoms with E-state index in [1.54, 1.807) is 25.1 Å². The fraction of sp³-hybridized carbons (Fsp3) is 0.455. The van der Waals surface area contributed by atoms with Crippen LogP contribution in [0.2, 0.25) is 0 Å². The molecule has 4 N–H and O–H groups in total. The zero-order chi connectivity index (χ0) is 21.5. The second-order valence-electron chi connectivity index (χ2n) is 7.71. The average Bonchev–Trinajstić information content (AvgIpc) is 2.71. The smallest absolute Gasteiger partial charge is 0.229 e. The summed E-state index contributed by atoms with van der Waals surface area (Å²) in [6.45, 7) is 5.31. The summed E-state index contributed by atoms with van der Waals surface area (Å²) in [4.78, 5) is 23.1. The molecule has 1 aromatic carbocycles. The number of anilines is 4. The number of nitrogens with zero attached hydrogens (tertiary/aromatic N) is 4. The van der Waals surface area contributed by atoms with Crippen molar-refractivity contribution in [2.75, 3.05) is 29.0 Å². The van der Waals surface area contributed by atoms with Crippen LogP contribution < -0.4 is 21.3 Å². The van der Waals surface area contributed by atoms with Crippen LogP contribution in [0.4, 0.5) is 23.1 Å². The summed E-state index contributed by atoms with van der Waals surface area (Å²) < 4.78 is 0. The summed E-state index contributed by atoms with van der Waals surface area (Å²) >= 11 is 0. The van der Waals surface area contributed by atoms with Gasteiger partial charge in [-0.25, -0.2) is 4.98 Å². The summed E-state index contributed by atoms with van der Waals surface area (Å²) in [6.07, 6.45) is 4.94. The Balaban J connectivity index is 0.00000341. The number of rotatable bonds is 7. The van der Waals surface area contributed by atoms with Crippen LogP contribution >= 0.6 is 12.4 Å². The first kappa shape index (κ1) is 24.2. The topological polar surface area (TPSA) is 120 Å². The molecule has 1 saturated heterocycles. The van der Waals surface area contributed by atoms with Gasteiger partial charge in [0.1, 0.15) is 5.82 Å². The Morgan fingerprint density at radius 2 is 2.13 bits per heavy atom. The second kappa shape index (κ2) is 11.4. The standard InChI is InChI=1S/C22H29N7O.ClH/c1-3-4-6-18-12-21(29-8-5-7-19(14-29)25-15(2)30)28-22(26-18)27-20-10-16(13-23)9-17(24)11-20;/h9-12,19H,3-8,14,24H2,1-2H3,(H,25,30)(H,26,27,28);1H/t19-;/m1./s1. The molecule has 1 aliphatic rings. The molecule has 2 aromatic rings. The number of unbranched alkanes of at least 4 members (excludes halogenated alkanes) is 1. The molecule has 31 heavy (non-hydrogen) atoms. The van der Waals surface area contributed by atoms with E-state index in [0.717, 1.165) is 56.7 Å². The van der Waals surface area contributed by atoms with Gasteiger partial charge in [0.15, 0.2) is 0 Å². The van der Waals surface area contributed by atoms with Gasteiger partial charge in [0.05, 0.1) is 11.6 Å². The number of nitrogens with two attached hydrogens (primary N) is 1. The molecule has 1 amide bonds. The molecule has 0 spiro atoms. The lowest BCUT2D eigenvalue weighted by Crippen LogP contribution is -2.47. The van der Waals surface area contributed by atoms with Crippen LogP contribution in [-0.2, 0) is 11.2 Å². The Morgan fingerprint density at radius 1 is 1.32 bits per heavy atom. The maximum Gasteiger partial charge on any atom is 0.229 e. The maximum atomic E-state index is 11.5. The lowest BCUT2D eigenvalue weighted by molar-refractivity contribution is -0.119. The quantitative estimate of drug-likeness (QED) is 0.559. The number of nitriles is 1. The number of hydrogen-bond acceptors (Lipinski definition) is 7. The zero-order valence-corrected chi connectivity index (χ0v) is 18.8. The van der Waals surface area contributed by atoms with E-state index in [-0.39, 0.29) is 24.4 Å². The fourth-order valence-corrected chi connectivity index (χ4v) is 3.69. The van der Waals surface area contributed by atoms with Gasteiger partial charge in [-0.3, -0.25) is 4.79 Å². The number of carbonyl (C=O) groups excluding carboxylic acids is 1. The van der Waals surface area contributed by atoms with Crippen molar-refractivity contribution in [3.8, 4) is 6.07 Å². The minimum Gasteiger partial charge on any atom is -0.399 e. The maximum absolute atomic E-state index is 11.5. The van der Waals surface area contributed by atoms with Crippen LogP contribution in [-0.4, -0.2) is 35.0 Å². The zero-order valence-electron chi connectivity index (χ0n) is 18.0. The Hall–Kier alpha value is -3.05. The molecule has 0 saturated carbocycles. The van der Waals surface area contributed by atoms with Crippen LogP contribution in [0.5, 0.6) is 0 Å². The first-order chi connectivity index (χ1) is 14.5. The molecule has 0 bridgehead atoms. The normalized spacial score (nSPS) is 15.5. The Morgan fingerprint density at radius 3 is 2.84 bits per heavy atom. The molecule has 166 valence electrons. The summed E-state index contributed by atoms with van der Waals surface area (Å²) in [5, 5.41) is 15.4. The molecular weight excluding hydrogens is 414 g/mol. The van der Waals surface area contributed by atoms with Gasteiger partial charge >= 0.3 is 0 Å². The highest BCUT2D eigenvalue weighted by atomic mass is 35.5. The summed E-state index contributed by atoms with van der Waals surface area (Å²) in [6, 6.07) is 9.39. The minimum atomic E-state index is -0.00880. The molecule has 1 aromatic heterocycles. The van der Waals surface area contributed by atoms with E-state index >= 15 is 0 Å². The van der Waals surface area contributed by atoms with Crippen molar-refractivity contribution in [2.45, 2.75) is 52.0 Å². The molecule has 0 unspecified atom stereocenters. The molecule has 2 heterocycles. The molecule has 8 nitrogen and oxygen atoms in total. The Kier molecular flexibility index (Phi) is 8.88. The van der Waals surface area contributed by atoms with E-state index in [1.165, 1.54) is 0 Å². The number of hydrogen-bond donors (Lipinski definition) is 3. The molecule has 0 aliphatic carbocycles. The molecule has 0 radical (unpaired) electrons. The average molecular weight is 444 g/mol. The minimum absolute atomic E-state index is 0. The predicted octanol–water partition coefficient (Wildman–Crippen LogP) is 3.54. The molecule has 1 atom stereocenters. The van der Waals surface area contributed by atoms with Crippen LogP contribution in [0.25, 0.3) is 0 Å². The summed E-state index contributed by atoms with van der Waals surface area (Å²) in [7, 11) is 0. The third-order valence-corrected chi connectivity index (χ3v) is 5.05. The van der Waals surface area contributed by atoms with E-state index in [2.05, 4.69) is 33.5 Å². The second-order valence-corrected chi connectivity index (χ2v) is 7.71. The molecule has 1 fully saturated rings. The Bertz CT molecular complexity index is 944. The van der Waals surface area contributed by atoms with E-state index in [0.29, 0.717) is 22.9 Å². The first-order valence-electron chi connectivity index (χ1n) is 10.4. The van der Waals surface area contributed by atoms with Crippen molar-refractivity contribution < 1.29 is 4.79 Å². The third kappa shape index (κ3) is 7.00. The Labute approximate surface area is 189 Å². The summed E-state index contributed by atoms with van der Waals surface area (Å²) in [5.41, 5.74) is 8.55. The fourth-order valence-electron chi connectivity index (χ4n) is 3.69. The summed E-state index contributed by atoms with van der Waals surface area (Å²) in [5.74, 6) is 1.32. The highest BCUT2D eigenvalue weighted by Crippen LogP contribution is 2.24. The van der Waals surface area contributed by atoms with Gasteiger partial charge in [0, 0.05) is 49.2 Å².